The molecule has 47 valence electrons. The summed E-state index contributed by atoms with van der Waals surface area (Å²) >= 11 is 0. The van der Waals surface area contributed by atoms with Crippen LogP contribution in [0.3, 0.4) is 0 Å². The fourth-order valence-electron chi connectivity index (χ4n) is 0. The van der Waals surface area contributed by atoms with Gasteiger partial charge in [0.05, 0.1) is 0 Å². The maximum atomic E-state index is 8.68. The van der Waals surface area contributed by atoms with E-state index < -0.39 is 0 Å². The van der Waals surface area contributed by atoms with E-state index in [1.807, 2.05) is 6.92 Å². The van der Waals surface area contributed by atoms with E-state index in [9.17, 15) is 0 Å². The molecule has 0 aliphatic rings. The quantitative estimate of drug-likeness (QED) is 0.376. The van der Waals surface area contributed by atoms with Crippen molar-refractivity contribution in [2.45, 2.75) is 20.3 Å². The van der Waals surface area contributed by atoms with Crippen molar-refractivity contribution >= 4 is 6.29 Å². The van der Waals surface area contributed by atoms with Gasteiger partial charge < -0.3 is 11.7 Å². The van der Waals surface area contributed by atoms with E-state index in [0.717, 1.165) is 6.42 Å². The number of hydrogen-bond acceptors (Lipinski definition) is 1. The van der Waals surface area contributed by atoms with Crippen LogP contribution in [-0.4, -0.2) is 6.29 Å². The van der Waals surface area contributed by atoms with Crippen LogP contribution in [0.2, 0.25) is 0 Å². The first kappa shape index (κ1) is 15.7. The van der Waals surface area contributed by atoms with Gasteiger partial charge in [-0.1, -0.05) is 6.92 Å². The maximum absolute atomic E-state index is 8.68. The summed E-state index contributed by atoms with van der Waals surface area (Å²) in [5.74, 6) is 0. The van der Waals surface area contributed by atoms with Crippen molar-refractivity contribution in [2.75, 3.05) is 0 Å². The van der Waals surface area contributed by atoms with Crippen molar-refractivity contribution in [3.8, 4) is 0 Å². The van der Waals surface area contributed by atoms with Crippen molar-refractivity contribution in [3.63, 3.8) is 0 Å². The Bertz CT molecular complexity index is 22.0. The van der Waals surface area contributed by atoms with Gasteiger partial charge >= 0.3 is 17.1 Å². The average Bonchev–Trinajstić information content (AvgIpc) is 1.39. The largest absolute Gasteiger partial charge is 2.00 e. The van der Waals surface area contributed by atoms with E-state index in [4.69, 9.17) is 4.79 Å². The van der Waals surface area contributed by atoms with Crippen LogP contribution >= 0.6 is 0 Å². The molecule has 0 bridgehead atoms. The number of hydrogen-bond donors (Lipinski definition) is 0. The molecule has 1 radical (unpaired) electrons. The van der Waals surface area contributed by atoms with Gasteiger partial charge in [0.1, 0.15) is 0 Å². The first-order valence-electron chi connectivity index (χ1n) is 1.91. The molecule has 0 aromatic carbocycles. The number of rotatable bonds is 0. The average molecular weight is 150 g/mol. The Balaban J connectivity index is -0.0000000400. The maximum Gasteiger partial charge on any atom is 2.00 e. The summed E-state index contributed by atoms with van der Waals surface area (Å²) in [6, 6.07) is 0. The zero-order valence-corrected chi connectivity index (χ0v) is 5.57. The van der Waals surface area contributed by atoms with Crippen LogP contribution in [-0.2, 0) is 21.9 Å². The predicted molar refractivity (Wildman–Crippen MR) is 27.0 cm³/mol. The molecule has 0 aromatic heterocycles. The van der Waals surface area contributed by atoms with Crippen molar-refractivity contribution in [3.05, 3.63) is 6.92 Å². The molecule has 0 aliphatic carbocycles. The fourth-order valence-corrected chi connectivity index (χ4v) is 0. The Morgan fingerprint density at radius 3 is 1.71 bits per heavy atom. The summed E-state index contributed by atoms with van der Waals surface area (Å²) in [5.41, 5.74) is 0. The topological polar surface area (TPSA) is 17.1 Å². The third-order valence-corrected chi connectivity index (χ3v) is 0. The van der Waals surface area contributed by atoms with Crippen LogP contribution in [0.5, 0.6) is 0 Å². The summed E-state index contributed by atoms with van der Waals surface area (Å²) in [7, 11) is 0. The van der Waals surface area contributed by atoms with E-state index in [2.05, 4.69) is 6.92 Å². The third kappa shape index (κ3) is 3030. The normalized spacial score (nSPS) is 4.43. The summed E-state index contributed by atoms with van der Waals surface area (Å²) in [4.78, 5) is 8.68. The van der Waals surface area contributed by atoms with E-state index in [0.29, 0.717) is 0 Å². The minimum atomic E-state index is 0. The smallest absolute Gasteiger partial charge is 0.542 e. The van der Waals surface area contributed by atoms with Crippen molar-refractivity contribution < 1.29 is 21.9 Å². The molecule has 0 N–H and O–H groups in total. The van der Waals surface area contributed by atoms with Gasteiger partial charge in [0.25, 0.3) is 0 Å². The van der Waals surface area contributed by atoms with Gasteiger partial charge in [0.2, 0.25) is 0 Å². The Labute approximate surface area is 56.0 Å². The second-order valence-electron chi connectivity index (χ2n) is 0.704. The molecule has 2 heteroatoms. The minimum absolute atomic E-state index is 0. The Hall–Kier alpha value is 0.189. The van der Waals surface area contributed by atoms with Gasteiger partial charge in [-0.15, -0.1) is 0 Å². The van der Waals surface area contributed by atoms with E-state index in [-0.39, 0.29) is 17.1 Å². The van der Waals surface area contributed by atoms with Crippen molar-refractivity contribution in [1.82, 2.24) is 0 Å². The van der Waals surface area contributed by atoms with Crippen molar-refractivity contribution in [1.29, 1.82) is 0 Å². The van der Waals surface area contributed by atoms with Gasteiger partial charge in [-0.25, -0.2) is 0 Å². The van der Waals surface area contributed by atoms with Crippen LogP contribution in [0, 0.1) is 6.92 Å². The monoisotopic (exact) mass is 149 g/mol. The van der Waals surface area contributed by atoms with Crippen LogP contribution in [0.15, 0.2) is 0 Å². The molecular formula is C5H10CuO. The summed E-state index contributed by atoms with van der Waals surface area (Å²) in [6.07, 6.45) is 2.50. The number of carbonyl (C=O) groups excluding carboxylic acids is 1. The first-order chi connectivity index (χ1) is 2.83. The molecule has 0 rings (SSSR count). The molecule has 0 aliphatic heterocycles. The molecular weight excluding hydrogens is 140 g/mol. The fraction of sp³-hybridized carbons (Fsp3) is 0.600. The molecule has 0 fully saturated rings. The van der Waals surface area contributed by atoms with E-state index in [1.54, 1.807) is 0 Å². The Kier molecular flexibility index (Phi) is 77.9. The van der Waals surface area contributed by atoms with Gasteiger partial charge in [0, 0.05) is 0 Å². The summed E-state index contributed by atoms with van der Waals surface area (Å²) in [6.45, 7) is 6.82. The zero-order valence-electron chi connectivity index (χ0n) is 4.62. The first-order valence-corrected chi connectivity index (χ1v) is 1.91. The Morgan fingerprint density at radius 1 is 1.71 bits per heavy atom. The van der Waals surface area contributed by atoms with E-state index >= 15 is 0 Å². The molecule has 7 heavy (non-hydrogen) atoms. The molecule has 0 spiro atoms. The second-order valence-corrected chi connectivity index (χ2v) is 0.704. The summed E-state index contributed by atoms with van der Waals surface area (Å²) < 4.78 is 0. The molecule has 0 unspecified atom stereocenters. The van der Waals surface area contributed by atoms with Crippen LogP contribution in [0.1, 0.15) is 20.3 Å². The van der Waals surface area contributed by atoms with E-state index in [1.165, 1.54) is 13.2 Å². The molecule has 0 amide bonds. The van der Waals surface area contributed by atoms with Gasteiger partial charge in [-0.3, -0.25) is 6.29 Å². The van der Waals surface area contributed by atoms with Crippen LogP contribution in [0.4, 0.5) is 0 Å². The molecule has 0 aromatic rings. The van der Waals surface area contributed by atoms with Gasteiger partial charge in [-0.2, -0.15) is 13.3 Å². The molecule has 0 heterocycles. The van der Waals surface area contributed by atoms with Gasteiger partial charge in [0.15, 0.2) is 0 Å². The Morgan fingerprint density at radius 2 is 1.71 bits per heavy atom. The third-order valence-electron chi connectivity index (χ3n) is 0. The van der Waals surface area contributed by atoms with Crippen LogP contribution < -0.4 is 0 Å². The van der Waals surface area contributed by atoms with Crippen LogP contribution in [0.25, 0.3) is 0 Å². The van der Waals surface area contributed by atoms with Crippen molar-refractivity contribution in [2.24, 2.45) is 0 Å². The summed E-state index contributed by atoms with van der Waals surface area (Å²) in [5, 5.41) is 0. The minimum Gasteiger partial charge on any atom is -0.542 e. The molecule has 1 nitrogen and oxygen atoms in total. The molecule has 0 atom stereocenters. The predicted octanol–water partition coefficient (Wildman–Crippen LogP) is 1.34. The molecule has 0 saturated heterocycles. The standard InChI is InChI=1S/C3H7.C2H3O.Cu/c1-3-2;1-2-3;/h1,3H2,2H3;1H3;/q2*-1;+2. The SMILES string of the molecule is C[C-]=O.[CH2-]CC.[Cu+2]. The zero-order chi connectivity index (χ0) is 5.41. The van der Waals surface area contributed by atoms with Gasteiger partial charge in [-0.05, 0) is 0 Å². The second kappa shape index (κ2) is 34.8. The molecule has 0 saturated carbocycles.